The van der Waals surface area contributed by atoms with Gasteiger partial charge in [-0.05, 0) is 41.2 Å². The standard InChI is InChI=1S/C14H13BrClNO2/c1-17-7-12-9(5-6-18-12)13(8-17)19-11-4-2-3-10(15)14(11)16/h2-6,13H,7-8H2,1H3. The topological polar surface area (TPSA) is 25.6 Å². The van der Waals surface area contributed by atoms with Crippen molar-refractivity contribution in [2.75, 3.05) is 13.6 Å². The first-order valence-electron chi connectivity index (χ1n) is 6.00. The minimum absolute atomic E-state index is 0.0562. The van der Waals surface area contributed by atoms with E-state index in [0.29, 0.717) is 10.8 Å². The molecule has 1 aliphatic heterocycles. The molecule has 1 unspecified atom stereocenters. The van der Waals surface area contributed by atoms with Gasteiger partial charge in [-0.1, -0.05) is 17.7 Å². The summed E-state index contributed by atoms with van der Waals surface area (Å²) in [6.07, 6.45) is 1.65. The molecule has 0 N–H and O–H groups in total. The number of nitrogens with zero attached hydrogens (tertiary/aromatic N) is 1. The van der Waals surface area contributed by atoms with Gasteiger partial charge < -0.3 is 9.15 Å². The summed E-state index contributed by atoms with van der Waals surface area (Å²) in [5, 5.41) is 0.598. The maximum Gasteiger partial charge on any atom is 0.140 e. The molecule has 0 fully saturated rings. The van der Waals surface area contributed by atoms with Crippen LogP contribution in [0.3, 0.4) is 0 Å². The lowest BCUT2D eigenvalue weighted by Gasteiger charge is -2.29. The van der Waals surface area contributed by atoms with Gasteiger partial charge in [-0.15, -0.1) is 0 Å². The Bertz CT molecular complexity index is 599. The molecule has 1 atom stereocenters. The summed E-state index contributed by atoms with van der Waals surface area (Å²) in [7, 11) is 2.05. The highest BCUT2D eigenvalue weighted by atomic mass is 79.9. The Labute approximate surface area is 125 Å². The van der Waals surface area contributed by atoms with Gasteiger partial charge in [-0.2, -0.15) is 0 Å². The molecule has 1 aromatic heterocycles. The van der Waals surface area contributed by atoms with Crippen LogP contribution in [0.25, 0.3) is 0 Å². The summed E-state index contributed by atoms with van der Waals surface area (Å²) in [6, 6.07) is 7.65. The predicted molar refractivity (Wildman–Crippen MR) is 77.6 cm³/mol. The summed E-state index contributed by atoms with van der Waals surface area (Å²) < 4.78 is 12.4. The number of likely N-dealkylation sites (N-methyl/N-ethyl adjacent to an activating group) is 1. The van der Waals surface area contributed by atoms with Crippen LogP contribution in [-0.4, -0.2) is 18.5 Å². The molecule has 1 aliphatic rings. The number of hydrogen-bond donors (Lipinski definition) is 0. The molecule has 0 aliphatic carbocycles. The van der Waals surface area contributed by atoms with Gasteiger partial charge in [0.15, 0.2) is 0 Å². The van der Waals surface area contributed by atoms with Crippen LogP contribution in [0.4, 0.5) is 0 Å². The van der Waals surface area contributed by atoms with E-state index in [2.05, 4.69) is 20.8 Å². The summed E-state index contributed by atoms with van der Waals surface area (Å²) in [6.45, 7) is 1.63. The van der Waals surface area contributed by atoms with E-state index >= 15 is 0 Å². The largest absolute Gasteiger partial charge is 0.483 e. The quantitative estimate of drug-likeness (QED) is 0.815. The first kappa shape index (κ1) is 13.0. The molecular weight excluding hydrogens is 330 g/mol. The number of rotatable bonds is 2. The van der Waals surface area contributed by atoms with Gasteiger partial charge in [-0.3, -0.25) is 4.90 Å². The van der Waals surface area contributed by atoms with E-state index in [-0.39, 0.29) is 6.10 Å². The van der Waals surface area contributed by atoms with Crippen molar-refractivity contribution in [3.05, 3.63) is 51.3 Å². The molecular formula is C14H13BrClNO2. The molecule has 3 rings (SSSR count). The number of furan rings is 1. The Morgan fingerprint density at radius 1 is 1.42 bits per heavy atom. The summed E-state index contributed by atoms with van der Waals surface area (Å²) in [5.74, 6) is 1.65. The maximum absolute atomic E-state index is 6.24. The van der Waals surface area contributed by atoms with E-state index in [1.54, 1.807) is 6.26 Å². The Kier molecular flexibility index (Phi) is 3.56. The van der Waals surface area contributed by atoms with E-state index in [9.17, 15) is 0 Å². The second kappa shape index (κ2) is 5.19. The highest BCUT2D eigenvalue weighted by Crippen LogP contribution is 2.37. The Morgan fingerprint density at radius 2 is 2.26 bits per heavy atom. The highest BCUT2D eigenvalue weighted by Gasteiger charge is 2.27. The predicted octanol–water partition coefficient (Wildman–Crippen LogP) is 4.26. The molecule has 2 heterocycles. The van der Waals surface area contributed by atoms with E-state index < -0.39 is 0 Å². The Morgan fingerprint density at radius 3 is 3.11 bits per heavy atom. The molecule has 0 radical (unpaired) electrons. The van der Waals surface area contributed by atoms with Gasteiger partial charge in [0.2, 0.25) is 0 Å². The zero-order valence-corrected chi connectivity index (χ0v) is 12.7. The van der Waals surface area contributed by atoms with Crippen molar-refractivity contribution in [1.29, 1.82) is 0 Å². The third kappa shape index (κ3) is 2.53. The average molecular weight is 343 g/mol. The number of hydrogen-bond acceptors (Lipinski definition) is 3. The lowest BCUT2D eigenvalue weighted by atomic mass is 10.1. The van der Waals surface area contributed by atoms with Crippen molar-refractivity contribution >= 4 is 27.5 Å². The molecule has 0 saturated heterocycles. The molecule has 0 amide bonds. The first-order valence-corrected chi connectivity index (χ1v) is 7.17. The third-order valence-electron chi connectivity index (χ3n) is 3.20. The number of benzene rings is 1. The van der Waals surface area contributed by atoms with Crippen LogP contribution in [0.2, 0.25) is 5.02 Å². The second-order valence-corrected chi connectivity index (χ2v) is 5.89. The maximum atomic E-state index is 6.24. The SMILES string of the molecule is CN1Cc2occc2C(Oc2cccc(Br)c2Cl)C1. The van der Waals surface area contributed by atoms with Crippen LogP contribution in [0.5, 0.6) is 5.75 Å². The van der Waals surface area contributed by atoms with Crippen LogP contribution >= 0.6 is 27.5 Å². The van der Waals surface area contributed by atoms with Gasteiger partial charge >= 0.3 is 0 Å². The molecule has 0 spiro atoms. The van der Waals surface area contributed by atoms with Gasteiger partial charge in [0.1, 0.15) is 17.6 Å². The molecule has 1 aromatic carbocycles. The number of ether oxygens (including phenoxy) is 1. The van der Waals surface area contributed by atoms with Crippen LogP contribution < -0.4 is 4.74 Å². The molecule has 0 saturated carbocycles. The van der Waals surface area contributed by atoms with Crippen LogP contribution in [0, 0.1) is 0 Å². The van der Waals surface area contributed by atoms with Crippen molar-refractivity contribution in [2.45, 2.75) is 12.6 Å². The van der Waals surface area contributed by atoms with Gasteiger partial charge in [-0.25, -0.2) is 0 Å². The lowest BCUT2D eigenvalue weighted by molar-refractivity contribution is 0.120. The van der Waals surface area contributed by atoms with E-state index in [1.165, 1.54) is 0 Å². The summed E-state index contributed by atoms with van der Waals surface area (Å²) in [4.78, 5) is 2.17. The lowest BCUT2D eigenvalue weighted by Crippen LogP contribution is -2.32. The van der Waals surface area contributed by atoms with E-state index in [4.69, 9.17) is 20.8 Å². The molecule has 0 bridgehead atoms. The number of fused-ring (bicyclic) bond motifs is 1. The van der Waals surface area contributed by atoms with Crippen molar-refractivity contribution in [3.63, 3.8) is 0 Å². The molecule has 100 valence electrons. The van der Waals surface area contributed by atoms with Gasteiger partial charge in [0.25, 0.3) is 0 Å². The first-order chi connectivity index (χ1) is 9.15. The minimum atomic E-state index is -0.0562. The minimum Gasteiger partial charge on any atom is -0.483 e. The van der Waals surface area contributed by atoms with Crippen molar-refractivity contribution < 1.29 is 9.15 Å². The van der Waals surface area contributed by atoms with Crippen LogP contribution in [-0.2, 0) is 6.54 Å². The zero-order valence-electron chi connectivity index (χ0n) is 10.4. The fourth-order valence-corrected chi connectivity index (χ4v) is 2.80. The van der Waals surface area contributed by atoms with E-state index in [1.807, 2.05) is 31.3 Å². The molecule has 19 heavy (non-hydrogen) atoms. The zero-order chi connectivity index (χ0) is 13.4. The summed E-state index contributed by atoms with van der Waals surface area (Å²) >= 11 is 9.65. The normalized spacial score (nSPS) is 19.2. The third-order valence-corrected chi connectivity index (χ3v) is 4.48. The molecule has 3 nitrogen and oxygen atoms in total. The van der Waals surface area contributed by atoms with Gasteiger partial charge in [0, 0.05) is 16.6 Å². The van der Waals surface area contributed by atoms with E-state index in [0.717, 1.165) is 28.9 Å². The highest BCUT2D eigenvalue weighted by molar-refractivity contribution is 9.10. The monoisotopic (exact) mass is 341 g/mol. The average Bonchev–Trinajstić information content (AvgIpc) is 2.83. The smallest absolute Gasteiger partial charge is 0.140 e. The number of halogens is 2. The fraction of sp³-hybridized carbons (Fsp3) is 0.286. The Balaban J connectivity index is 1.90. The fourth-order valence-electron chi connectivity index (χ4n) is 2.29. The van der Waals surface area contributed by atoms with Gasteiger partial charge in [0.05, 0.1) is 17.8 Å². The van der Waals surface area contributed by atoms with Crippen molar-refractivity contribution in [3.8, 4) is 5.75 Å². The van der Waals surface area contributed by atoms with Crippen molar-refractivity contribution in [1.82, 2.24) is 4.90 Å². The second-order valence-electron chi connectivity index (χ2n) is 4.65. The van der Waals surface area contributed by atoms with Crippen LogP contribution in [0.15, 0.2) is 39.4 Å². The molecule has 2 aromatic rings. The van der Waals surface area contributed by atoms with Crippen LogP contribution in [0.1, 0.15) is 17.4 Å². The molecule has 5 heteroatoms. The Hall–Kier alpha value is -0.970. The van der Waals surface area contributed by atoms with Crippen molar-refractivity contribution in [2.24, 2.45) is 0 Å². The summed E-state index contributed by atoms with van der Waals surface area (Å²) in [5.41, 5.74) is 1.11.